The van der Waals surface area contributed by atoms with E-state index < -0.39 is 0 Å². The Morgan fingerprint density at radius 3 is 2.78 bits per heavy atom. The van der Waals surface area contributed by atoms with Gasteiger partial charge in [0, 0.05) is 6.04 Å². The Bertz CT molecular complexity index is 401. The lowest BCUT2D eigenvalue weighted by Crippen LogP contribution is -2.32. The van der Waals surface area contributed by atoms with E-state index >= 15 is 0 Å². The van der Waals surface area contributed by atoms with Gasteiger partial charge in [-0.3, -0.25) is 4.79 Å². The van der Waals surface area contributed by atoms with Crippen LogP contribution in [0.4, 0.5) is 0 Å². The van der Waals surface area contributed by atoms with Gasteiger partial charge < -0.3 is 10.1 Å². The molecule has 1 aromatic rings. The van der Waals surface area contributed by atoms with Gasteiger partial charge in [0.05, 0.1) is 13.0 Å². The molecule has 1 aromatic carbocycles. The van der Waals surface area contributed by atoms with Crippen LogP contribution >= 0.6 is 0 Å². The molecular formula is C15H23NO2. The molecule has 3 heteroatoms. The lowest BCUT2D eigenvalue weighted by molar-refractivity contribution is -0.122. The van der Waals surface area contributed by atoms with Crippen molar-refractivity contribution < 1.29 is 9.53 Å². The average molecular weight is 249 g/mol. The summed E-state index contributed by atoms with van der Waals surface area (Å²) in [6.07, 6.45) is 1.35. The quantitative estimate of drug-likeness (QED) is 0.841. The summed E-state index contributed by atoms with van der Waals surface area (Å²) in [5, 5.41) is 2.92. The number of amides is 1. The van der Waals surface area contributed by atoms with Gasteiger partial charge >= 0.3 is 0 Å². The molecule has 0 heterocycles. The van der Waals surface area contributed by atoms with E-state index in [4.69, 9.17) is 4.74 Å². The van der Waals surface area contributed by atoms with E-state index in [-0.39, 0.29) is 11.9 Å². The maximum Gasteiger partial charge on any atom is 0.223 e. The summed E-state index contributed by atoms with van der Waals surface area (Å²) in [7, 11) is 0. The second kappa shape index (κ2) is 7.04. The minimum Gasteiger partial charge on any atom is -0.493 e. The third-order valence-electron chi connectivity index (χ3n) is 2.95. The molecule has 0 aliphatic rings. The van der Waals surface area contributed by atoms with Crippen LogP contribution in [-0.2, 0) is 4.79 Å². The van der Waals surface area contributed by atoms with Gasteiger partial charge in [-0.15, -0.1) is 0 Å². The molecule has 18 heavy (non-hydrogen) atoms. The molecule has 0 bridgehead atoms. The molecule has 1 amide bonds. The molecule has 0 fully saturated rings. The van der Waals surface area contributed by atoms with Crippen molar-refractivity contribution in [1.82, 2.24) is 5.32 Å². The second-order valence-electron chi connectivity index (χ2n) is 4.74. The van der Waals surface area contributed by atoms with Gasteiger partial charge in [-0.05, 0) is 44.4 Å². The summed E-state index contributed by atoms with van der Waals surface area (Å²) >= 11 is 0. The standard InChI is InChI=1S/C15H23NO2/c1-5-13(4)16-15(17)8-9-18-14-10-11(2)6-7-12(14)3/h6-7,10,13H,5,8-9H2,1-4H3,(H,16,17). The van der Waals surface area contributed by atoms with E-state index in [1.54, 1.807) is 0 Å². The Morgan fingerprint density at radius 1 is 1.39 bits per heavy atom. The van der Waals surface area contributed by atoms with Gasteiger partial charge in [0.1, 0.15) is 5.75 Å². The first-order valence-corrected chi connectivity index (χ1v) is 6.52. The van der Waals surface area contributed by atoms with Crippen LogP contribution in [0.15, 0.2) is 18.2 Å². The van der Waals surface area contributed by atoms with Crippen LogP contribution in [0.2, 0.25) is 0 Å². The van der Waals surface area contributed by atoms with Crippen molar-refractivity contribution in [3.63, 3.8) is 0 Å². The van der Waals surface area contributed by atoms with Gasteiger partial charge in [0.2, 0.25) is 5.91 Å². The SMILES string of the molecule is CCC(C)NC(=O)CCOc1cc(C)ccc1C. The zero-order valence-corrected chi connectivity index (χ0v) is 11.7. The second-order valence-corrected chi connectivity index (χ2v) is 4.74. The first-order chi connectivity index (χ1) is 8.52. The summed E-state index contributed by atoms with van der Waals surface area (Å²) in [4.78, 5) is 11.6. The molecule has 0 aromatic heterocycles. The number of nitrogens with one attached hydrogen (secondary N) is 1. The largest absolute Gasteiger partial charge is 0.493 e. The van der Waals surface area contributed by atoms with E-state index in [1.807, 2.05) is 32.9 Å². The van der Waals surface area contributed by atoms with E-state index in [1.165, 1.54) is 5.56 Å². The van der Waals surface area contributed by atoms with Crippen molar-refractivity contribution in [3.05, 3.63) is 29.3 Å². The molecule has 100 valence electrons. The molecule has 0 aliphatic carbocycles. The minimum absolute atomic E-state index is 0.0506. The fourth-order valence-electron chi connectivity index (χ4n) is 1.57. The van der Waals surface area contributed by atoms with E-state index in [0.717, 1.165) is 17.7 Å². The Balaban J connectivity index is 2.37. The number of hydrogen-bond donors (Lipinski definition) is 1. The molecular weight excluding hydrogens is 226 g/mol. The molecule has 3 nitrogen and oxygen atoms in total. The zero-order chi connectivity index (χ0) is 13.5. The summed E-state index contributed by atoms with van der Waals surface area (Å²) in [5.74, 6) is 0.918. The average Bonchev–Trinajstić information content (AvgIpc) is 2.33. The number of rotatable bonds is 6. The number of ether oxygens (including phenoxy) is 1. The lowest BCUT2D eigenvalue weighted by atomic mass is 10.1. The van der Waals surface area contributed by atoms with Gasteiger partial charge in [0.15, 0.2) is 0 Å². The maximum atomic E-state index is 11.6. The summed E-state index contributed by atoms with van der Waals surface area (Å²) in [6, 6.07) is 6.32. The van der Waals surface area contributed by atoms with Crippen LogP contribution in [0, 0.1) is 13.8 Å². The van der Waals surface area contributed by atoms with Crippen molar-refractivity contribution in [2.24, 2.45) is 0 Å². The Kier molecular flexibility index (Phi) is 5.69. The summed E-state index contributed by atoms with van der Waals surface area (Å²) in [6.45, 7) is 8.52. The smallest absolute Gasteiger partial charge is 0.223 e. The highest BCUT2D eigenvalue weighted by atomic mass is 16.5. The molecule has 1 N–H and O–H groups in total. The lowest BCUT2D eigenvalue weighted by Gasteiger charge is -2.12. The molecule has 1 unspecified atom stereocenters. The van der Waals surface area contributed by atoms with Crippen molar-refractivity contribution in [2.45, 2.75) is 46.6 Å². The molecule has 0 radical (unpaired) electrons. The van der Waals surface area contributed by atoms with Crippen LogP contribution in [0.25, 0.3) is 0 Å². The molecule has 1 atom stereocenters. The third kappa shape index (κ3) is 4.78. The molecule has 1 rings (SSSR count). The van der Waals surface area contributed by atoms with Gasteiger partial charge in [0.25, 0.3) is 0 Å². The third-order valence-corrected chi connectivity index (χ3v) is 2.95. The first-order valence-electron chi connectivity index (χ1n) is 6.52. The normalized spacial score (nSPS) is 12.0. The van der Waals surface area contributed by atoms with Crippen LogP contribution in [-0.4, -0.2) is 18.6 Å². The van der Waals surface area contributed by atoms with Crippen LogP contribution in [0.5, 0.6) is 5.75 Å². The topological polar surface area (TPSA) is 38.3 Å². The fourth-order valence-corrected chi connectivity index (χ4v) is 1.57. The number of carbonyl (C=O) groups is 1. The predicted molar refractivity (Wildman–Crippen MR) is 73.9 cm³/mol. The highest BCUT2D eigenvalue weighted by Crippen LogP contribution is 2.19. The Morgan fingerprint density at radius 2 is 2.11 bits per heavy atom. The molecule has 0 saturated heterocycles. The summed E-state index contributed by atoms with van der Waals surface area (Å²) < 4.78 is 5.64. The number of carbonyl (C=O) groups excluding carboxylic acids is 1. The summed E-state index contributed by atoms with van der Waals surface area (Å²) in [5.41, 5.74) is 2.27. The molecule has 0 aliphatic heterocycles. The van der Waals surface area contributed by atoms with Crippen LogP contribution in [0.3, 0.4) is 0 Å². The fraction of sp³-hybridized carbons (Fsp3) is 0.533. The van der Waals surface area contributed by atoms with Crippen LogP contribution in [0.1, 0.15) is 37.8 Å². The Hall–Kier alpha value is -1.51. The number of aryl methyl sites for hydroxylation is 2. The van der Waals surface area contributed by atoms with Gasteiger partial charge in [-0.2, -0.15) is 0 Å². The van der Waals surface area contributed by atoms with Crippen molar-refractivity contribution in [3.8, 4) is 5.75 Å². The first kappa shape index (κ1) is 14.6. The van der Waals surface area contributed by atoms with Crippen molar-refractivity contribution in [2.75, 3.05) is 6.61 Å². The van der Waals surface area contributed by atoms with E-state index in [2.05, 4.69) is 18.3 Å². The Labute approximate surface area is 110 Å². The van der Waals surface area contributed by atoms with Crippen LogP contribution < -0.4 is 10.1 Å². The van der Waals surface area contributed by atoms with Gasteiger partial charge in [-0.1, -0.05) is 19.1 Å². The number of benzene rings is 1. The zero-order valence-electron chi connectivity index (χ0n) is 11.7. The van der Waals surface area contributed by atoms with E-state index in [9.17, 15) is 4.79 Å². The minimum atomic E-state index is 0.0506. The predicted octanol–water partition coefficient (Wildman–Crippen LogP) is 2.99. The van der Waals surface area contributed by atoms with E-state index in [0.29, 0.717) is 13.0 Å². The maximum absolute atomic E-state index is 11.6. The van der Waals surface area contributed by atoms with Gasteiger partial charge in [-0.25, -0.2) is 0 Å². The van der Waals surface area contributed by atoms with Crippen molar-refractivity contribution in [1.29, 1.82) is 0 Å². The highest BCUT2D eigenvalue weighted by molar-refractivity contribution is 5.76. The monoisotopic (exact) mass is 249 g/mol. The molecule has 0 spiro atoms. The molecule has 0 saturated carbocycles. The van der Waals surface area contributed by atoms with Crippen molar-refractivity contribution >= 4 is 5.91 Å². The highest BCUT2D eigenvalue weighted by Gasteiger charge is 2.06. The number of hydrogen-bond acceptors (Lipinski definition) is 2.